The Kier molecular flexibility index (Phi) is 3.28. The number of Topliss-reactive ketones (excluding diaryl/α,β-unsaturated/α-hetero) is 1. The molecule has 0 aliphatic carbocycles. The molecule has 0 spiro atoms. The van der Waals surface area contributed by atoms with Crippen LogP contribution in [-0.4, -0.2) is 10.4 Å². The summed E-state index contributed by atoms with van der Waals surface area (Å²) < 4.78 is 2.11. The lowest BCUT2D eigenvalue weighted by Crippen LogP contribution is -2.03. The Morgan fingerprint density at radius 3 is 2.71 bits per heavy atom. The van der Waals surface area contributed by atoms with Crippen molar-refractivity contribution in [2.24, 2.45) is 0 Å². The molecular formula is C12H17NO. The molecule has 0 atom stereocenters. The van der Waals surface area contributed by atoms with Gasteiger partial charge in [-0.2, -0.15) is 0 Å². The average molecular weight is 191 g/mol. The highest BCUT2D eigenvalue weighted by atomic mass is 16.1. The average Bonchev–Trinajstić information content (AvgIpc) is 2.45. The molecular weight excluding hydrogens is 174 g/mol. The predicted molar refractivity (Wildman–Crippen MR) is 58.7 cm³/mol. The van der Waals surface area contributed by atoms with Crippen molar-refractivity contribution in [1.82, 2.24) is 4.57 Å². The second-order valence-electron chi connectivity index (χ2n) is 3.46. The van der Waals surface area contributed by atoms with Gasteiger partial charge in [-0.15, -0.1) is 6.58 Å². The van der Waals surface area contributed by atoms with Gasteiger partial charge in [0.05, 0.1) is 0 Å². The van der Waals surface area contributed by atoms with Gasteiger partial charge in [0.25, 0.3) is 0 Å². The van der Waals surface area contributed by atoms with Crippen LogP contribution in [0.15, 0.2) is 18.7 Å². The maximum Gasteiger partial charge on any atom is 0.164 e. The number of rotatable bonds is 4. The smallest absolute Gasteiger partial charge is 0.164 e. The summed E-state index contributed by atoms with van der Waals surface area (Å²) in [5.41, 5.74) is 3.03. The third-order valence-corrected chi connectivity index (χ3v) is 2.51. The van der Waals surface area contributed by atoms with Crippen molar-refractivity contribution < 1.29 is 4.79 Å². The molecule has 1 aromatic rings. The van der Waals surface area contributed by atoms with Gasteiger partial charge < -0.3 is 4.57 Å². The molecule has 0 aliphatic rings. The highest BCUT2D eigenvalue weighted by molar-refractivity contribution is 5.97. The van der Waals surface area contributed by atoms with Crippen LogP contribution in [0.4, 0.5) is 0 Å². The van der Waals surface area contributed by atoms with E-state index in [0.29, 0.717) is 6.42 Å². The van der Waals surface area contributed by atoms with Crippen LogP contribution in [0.2, 0.25) is 0 Å². The zero-order valence-electron chi connectivity index (χ0n) is 9.13. The number of aromatic nitrogens is 1. The van der Waals surface area contributed by atoms with Crippen molar-refractivity contribution in [2.45, 2.75) is 33.7 Å². The van der Waals surface area contributed by atoms with E-state index in [1.807, 2.05) is 32.9 Å². The van der Waals surface area contributed by atoms with Crippen molar-refractivity contribution in [2.75, 3.05) is 0 Å². The molecule has 1 heterocycles. The van der Waals surface area contributed by atoms with Gasteiger partial charge in [0.1, 0.15) is 0 Å². The number of ketones is 1. The number of carbonyl (C=O) groups is 1. The van der Waals surface area contributed by atoms with E-state index in [4.69, 9.17) is 0 Å². The first-order valence-electron chi connectivity index (χ1n) is 4.92. The van der Waals surface area contributed by atoms with E-state index >= 15 is 0 Å². The Balaban J connectivity index is 3.16. The van der Waals surface area contributed by atoms with E-state index < -0.39 is 0 Å². The van der Waals surface area contributed by atoms with Crippen molar-refractivity contribution in [3.63, 3.8) is 0 Å². The minimum atomic E-state index is 0.216. The van der Waals surface area contributed by atoms with Crippen LogP contribution < -0.4 is 0 Å². The summed E-state index contributed by atoms with van der Waals surface area (Å²) in [5.74, 6) is 0.216. The van der Waals surface area contributed by atoms with Gasteiger partial charge in [-0.3, -0.25) is 4.79 Å². The summed E-state index contributed by atoms with van der Waals surface area (Å²) in [7, 11) is 0. The Bertz CT molecular complexity index is 361. The molecule has 0 amide bonds. The molecule has 14 heavy (non-hydrogen) atoms. The van der Waals surface area contributed by atoms with E-state index in [1.165, 1.54) is 0 Å². The normalized spacial score (nSPS) is 10.2. The van der Waals surface area contributed by atoms with Gasteiger partial charge in [-0.25, -0.2) is 0 Å². The van der Waals surface area contributed by atoms with E-state index in [9.17, 15) is 4.79 Å². The van der Waals surface area contributed by atoms with E-state index in [1.54, 1.807) is 0 Å². The molecule has 0 bridgehead atoms. The summed E-state index contributed by atoms with van der Waals surface area (Å²) in [5, 5.41) is 0. The molecule has 0 radical (unpaired) electrons. The fourth-order valence-electron chi connectivity index (χ4n) is 1.68. The molecule has 1 rings (SSSR count). The van der Waals surface area contributed by atoms with Crippen LogP contribution in [0.25, 0.3) is 0 Å². The fraction of sp³-hybridized carbons (Fsp3) is 0.417. The van der Waals surface area contributed by atoms with Gasteiger partial charge in [0.2, 0.25) is 0 Å². The lowest BCUT2D eigenvalue weighted by Gasteiger charge is -2.05. The molecule has 2 heteroatoms. The number of allylic oxidation sites excluding steroid dienone is 1. The Morgan fingerprint density at radius 1 is 1.57 bits per heavy atom. The first-order chi connectivity index (χ1) is 6.61. The SMILES string of the molecule is C=CCn1c(C)cc(C(=O)CC)c1C. The van der Waals surface area contributed by atoms with Gasteiger partial charge in [-0.05, 0) is 19.9 Å². The van der Waals surface area contributed by atoms with Crippen molar-refractivity contribution in [3.8, 4) is 0 Å². The monoisotopic (exact) mass is 191 g/mol. The molecule has 1 aromatic heterocycles. The maximum absolute atomic E-state index is 11.6. The van der Waals surface area contributed by atoms with Crippen LogP contribution >= 0.6 is 0 Å². The van der Waals surface area contributed by atoms with Crippen LogP contribution in [0.5, 0.6) is 0 Å². The molecule has 0 unspecified atom stereocenters. The van der Waals surface area contributed by atoms with E-state index in [-0.39, 0.29) is 5.78 Å². The number of carbonyl (C=O) groups excluding carboxylic acids is 1. The van der Waals surface area contributed by atoms with Crippen molar-refractivity contribution in [1.29, 1.82) is 0 Å². The lowest BCUT2D eigenvalue weighted by molar-refractivity contribution is 0.0987. The largest absolute Gasteiger partial charge is 0.345 e. The highest BCUT2D eigenvalue weighted by Gasteiger charge is 2.12. The number of aryl methyl sites for hydroxylation is 1. The number of hydrogen-bond acceptors (Lipinski definition) is 1. The third-order valence-electron chi connectivity index (χ3n) is 2.51. The van der Waals surface area contributed by atoms with Crippen LogP contribution in [0.3, 0.4) is 0 Å². The molecule has 0 fully saturated rings. The molecule has 0 saturated heterocycles. The Hall–Kier alpha value is -1.31. The lowest BCUT2D eigenvalue weighted by atomic mass is 10.1. The van der Waals surface area contributed by atoms with Gasteiger partial charge in [0, 0.05) is 29.9 Å². The summed E-state index contributed by atoms with van der Waals surface area (Å²) in [6, 6.07) is 1.96. The first-order valence-corrected chi connectivity index (χ1v) is 4.92. The predicted octanol–water partition coefficient (Wildman–Crippen LogP) is 2.88. The van der Waals surface area contributed by atoms with Crippen LogP contribution in [0.1, 0.15) is 35.1 Å². The molecule has 0 N–H and O–H groups in total. The third kappa shape index (κ3) is 1.79. The highest BCUT2D eigenvalue weighted by Crippen LogP contribution is 2.16. The molecule has 0 aromatic carbocycles. The standard InChI is InChI=1S/C12H17NO/c1-5-7-13-9(3)8-11(10(13)4)12(14)6-2/h5,8H,1,6-7H2,2-4H3. The van der Waals surface area contributed by atoms with Crippen molar-refractivity contribution in [3.05, 3.63) is 35.7 Å². The number of hydrogen-bond donors (Lipinski definition) is 0. The Morgan fingerprint density at radius 2 is 2.21 bits per heavy atom. The zero-order valence-corrected chi connectivity index (χ0v) is 9.13. The Labute approximate surface area is 85.2 Å². The van der Waals surface area contributed by atoms with Gasteiger partial charge in [0.15, 0.2) is 5.78 Å². The minimum absolute atomic E-state index is 0.216. The summed E-state index contributed by atoms with van der Waals surface area (Å²) >= 11 is 0. The minimum Gasteiger partial charge on any atom is -0.345 e. The fourth-order valence-corrected chi connectivity index (χ4v) is 1.68. The summed E-state index contributed by atoms with van der Waals surface area (Å²) in [4.78, 5) is 11.6. The van der Waals surface area contributed by atoms with Gasteiger partial charge >= 0.3 is 0 Å². The van der Waals surface area contributed by atoms with E-state index in [2.05, 4.69) is 11.1 Å². The zero-order chi connectivity index (χ0) is 10.7. The van der Waals surface area contributed by atoms with Gasteiger partial charge in [-0.1, -0.05) is 13.0 Å². The molecule has 0 saturated carbocycles. The van der Waals surface area contributed by atoms with E-state index in [0.717, 1.165) is 23.5 Å². The van der Waals surface area contributed by atoms with Crippen LogP contribution in [-0.2, 0) is 6.54 Å². The maximum atomic E-state index is 11.6. The summed E-state index contributed by atoms with van der Waals surface area (Å²) in [6.45, 7) is 10.4. The summed E-state index contributed by atoms with van der Waals surface area (Å²) in [6.07, 6.45) is 2.42. The first kappa shape index (κ1) is 10.8. The second-order valence-corrected chi connectivity index (χ2v) is 3.46. The van der Waals surface area contributed by atoms with Crippen LogP contribution in [0, 0.1) is 13.8 Å². The van der Waals surface area contributed by atoms with Crippen molar-refractivity contribution >= 4 is 5.78 Å². The second kappa shape index (κ2) is 4.27. The molecule has 2 nitrogen and oxygen atoms in total. The molecule has 0 aliphatic heterocycles. The number of nitrogens with zero attached hydrogens (tertiary/aromatic N) is 1. The molecule has 76 valence electrons. The quantitative estimate of drug-likeness (QED) is 0.530. The topological polar surface area (TPSA) is 22.0 Å².